The van der Waals surface area contributed by atoms with Gasteiger partial charge in [-0.2, -0.15) is 54.8 Å². The molecule has 0 bridgehead atoms. The second kappa shape index (κ2) is 40.7. The summed E-state index contributed by atoms with van der Waals surface area (Å²) in [4.78, 5) is 55.0. The van der Waals surface area contributed by atoms with Crippen LogP contribution in [0.4, 0.5) is 44.3 Å². The SMILES string of the molecule is CC(C)(C)OC(=O)N1C(Cc2ccc(C(=O)O)cc2)CC[C@@H]1[C@H](O[Si](C)(C)C(C)(C)C)c1ccccc1.CN(Cc1cc(C(F)(F)F)n[nH]1)C(=O)c1ccc(C[C@@H]2CC[C@H]([C@H](O)c3ccccc3)C2)cc1.CN(Cc1cc(C(F)(F)F)n[nH]1)C(=O)c1ccc(C[C@@H]2CC[C@H]([C@H](O)c3ccccc3)N2)cc1.CNCc1cc(C(F)(F)F)n[nH]1.[B]. The highest BCUT2D eigenvalue weighted by Gasteiger charge is 2.48. The quantitative estimate of drug-likeness (QED) is 0.0219. The Morgan fingerprint density at radius 3 is 1.40 bits per heavy atom. The minimum Gasteiger partial charge on any atom is -0.478 e. The van der Waals surface area contributed by atoms with E-state index >= 15 is 0 Å². The maximum absolute atomic E-state index is 13.7. The number of benzene rings is 6. The number of carbonyl (C=O) groups excluding carboxylic acids is 3. The van der Waals surface area contributed by atoms with Crippen molar-refractivity contribution in [1.29, 1.82) is 0 Å². The van der Waals surface area contributed by atoms with Crippen molar-refractivity contribution in [2.24, 2.45) is 11.8 Å². The van der Waals surface area contributed by atoms with Crippen LogP contribution in [-0.2, 0) is 66.6 Å². The topological polar surface area (TPSA) is 267 Å². The first-order valence-electron chi connectivity index (χ1n) is 39.0. The van der Waals surface area contributed by atoms with Crippen molar-refractivity contribution >= 4 is 40.6 Å². The molecule has 3 radical (unpaired) electrons. The standard InChI is InChI=1S/C30H43NO5Si.C26H28F3N3O2.C25H27F3N4O2.C6H8F3N3.B/c1-29(2,3)35-28(34)31-24(20-21-14-16-23(17-15-21)27(32)33)18-19-25(31)26(22-12-10-9-11-13-22)36-37(7,8)30(4,5)6;1-32(16-22-15-23(31-30-22)26(27,28)29)25(34)20-10-7-17(8-11-20)13-18-9-12-21(14-18)24(33)19-5-3-2-4-6-19;1-32(15-20-14-22(31-30-20)25(26,27)28)24(34)18-9-7-16(8-10-18)13-19-11-12-21(29-19)23(33)17-5-3-2-4-6-17;1-10-3-4-2-5(12-11-4)6(7,8)9;/h9-17,24-26H,18-20H2,1-8H3,(H,32,33);2-8,10-11,15,18,21,24,33H,9,12-14,16H2,1H3,(H,30,31);2-10,14,19,21,23,29,33H,11-13,15H2,1H3,(H,30,31);2,10H,3H2,1H3,(H,11,12);/t24?,25-,26-;18-,21-,24+;19-,21+,23+;;/m100../s1. The van der Waals surface area contributed by atoms with Crippen LogP contribution in [0.1, 0.15) is 203 Å². The number of aromatic carboxylic acids is 1. The Morgan fingerprint density at radius 1 is 0.542 bits per heavy atom. The van der Waals surface area contributed by atoms with Crippen LogP contribution in [0, 0.1) is 11.8 Å². The van der Waals surface area contributed by atoms with E-state index in [9.17, 15) is 74.0 Å². The Balaban J connectivity index is 0.000000205. The Labute approximate surface area is 685 Å². The first kappa shape index (κ1) is 93.6. The fourth-order valence-corrected chi connectivity index (χ4v) is 15.7. The molecular weight excluding hydrogens is 1550 g/mol. The fourth-order valence-electron chi connectivity index (χ4n) is 14.5. The van der Waals surface area contributed by atoms with Crippen LogP contribution < -0.4 is 10.6 Å². The first-order valence-corrected chi connectivity index (χ1v) is 41.9. The molecule has 3 aromatic heterocycles. The zero-order valence-corrected chi connectivity index (χ0v) is 69.2. The highest BCUT2D eigenvalue weighted by atomic mass is 28.4. The smallest absolute Gasteiger partial charge is 0.435 e. The van der Waals surface area contributed by atoms with Crippen molar-refractivity contribution in [3.63, 3.8) is 0 Å². The van der Waals surface area contributed by atoms with Crippen LogP contribution in [0.25, 0.3) is 0 Å². The Morgan fingerprint density at radius 2 is 0.966 bits per heavy atom. The van der Waals surface area contributed by atoms with E-state index in [4.69, 9.17) is 9.16 Å². The third-order valence-electron chi connectivity index (χ3n) is 21.5. The first-order chi connectivity index (χ1) is 55.0. The van der Waals surface area contributed by atoms with Gasteiger partial charge < -0.3 is 44.9 Å². The normalized spacial score (nSPS) is 18.4. The number of likely N-dealkylation sites (tertiary alicyclic amines) is 1. The van der Waals surface area contributed by atoms with Gasteiger partial charge in [-0.15, -0.1) is 0 Å². The summed E-state index contributed by atoms with van der Waals surface area (Å²) >= 11 is 0. The molecule has 0 spiro atoms. The van der Waals surface area contributed by atoms with Crippen LogP contribution in [0.3, 0.4) is 0 Å². The van der Waals surface area contributed by atoms with E-state index in [2.05, 4.69) is 87.2 Å². The zero-order chi connectivity index (χ0) is 85.4. The number of aromatic nitrogens is 6. The van der Waals surface area contributed by atoms with Crippen LogP contribution in [0.2, 0.25) is 18.1 Å². The summed E-state index contributed by atoms with van der Waals surface area (Å²) in [7, 11) is 2.55. The second-order valence-corrected chi connectivity index (χ2v) is 37.5. The molecule has 2 aliphatic heterocycles. The number of aliphatic hydroxyl groups excluding tert-OH is 2. The van der Waals surface area contributed by atoms with Crippen LogP contribution >= 0.6 is 0 Å². The van der Waals surface area contributed by atoms with Crippen LogP contribution in [0.15, 0.2) is 182 Å². The van der Waals surface area contributed by atoms with Gasteiger partial charge in [0, 0.05) is 64.0 Å². The highest BCUT2D eigenvalue weighted by molar-refractivity contribution is 6.74. The molecule has 9 atom stereocenters. The number of aromatic amines is 3. The number of alkyl halides is 9. The second-order valence-electron chi connectivity index (χ2n) is 32.8. The van der Waals surface area contributed by atoms with Crippen molar-refractivity contribution in [2.75, 3.05) is 21.1 Å². The van der Waals surface area contributed by atoms with E-state index in [1.165, 1.54) is 16.8 Å². The molecule has 3 aliphatic rings. The molecule has 633 valence electrons. The Bertz CT molecular complexity index is 4460. The van der Waals surface area contributed by atoms with Gasteiger partial charge in [-0.1, -0.05) is 148 Å². The molecule has 8 N–H and O–H groups in total. The molecule has 20 nitrogen and oxygen atoms in total. The molecule has 2 saturated heterocycles. The molecule has 12 rings (SSSR count). The fraction of sp³-hybridized carbons (Fsp3) is 0.437. The summed E-state index contributed by atoms with van der Waals surface area (Å²) < 4.78 is 125. The van der Waals surface area contributed by atoms with Crippen LogP contribution in [-0.4, -0.2) is 152 Å². The molecule has 3 amide bonds. The molecule has 5 heterocycles. The number of nitrogens with zero attached hydrogens (tertiary/aromatic N) is 6. The summed E-state index contributed by atoms with van der Waals surface area (Å²) in [5.41, 5.74) is 4.63. The minimum atomic E-state index is -4.53. The van der Waals surface area contributed by atoms with E-state index in [-0.39, 0.29) is 97.6 Å². The number of H-pyrrole nitrogens is 3. The van der Waals surface area contributed by atoms with Gasteiger partial charge in [0.05, 0.1) is 54.4 Å². The number of amides is 3. The number of carbonyl (C=O) groups is 4. The number of halogens is 9. The van der Waals surface area contributed by atoms with Gasteiger partial charge in [-0.05, 0) is 210 Å². The lowest BCUT2D eigenvalue weighted by atomic mass is 9.91. The molecule has 1 saturated carbocycles. The van der Waals surface area contributed by atoms with Crippen LogP contribution in [0.5, 0.6) is 0 Å². The molecule has 31 heteroatoms. The molecular formula is C87H106BF9N11O9Si. The molecule has 1 unspecified atom stereocenters. The third-order valence-corrected chi connectivity index (χ3v) is 26.0. The van der Waals surface area contributed by atoms with Gasteiger partial charge in [-0.25, -0.2) is 9.59 Å². The number of carboxylic acids is 1. The molecule has 9 aromatic rings. The van der Waals surface area contributed by atoms with E-state index < -0.39 is 67.7 Å². The maximum Gasteiger partial charge on any atom is 0.435 e. The highest BCUT2D eigenvalue weighted by Crippen LogP contribution is 2.46. The van der Waals surface area contributed by atoms with Gasteiger partial charge in [0.15, 0.2) is 25.4 Å². The maximum atomic E-state index is 13.7. The third kappa shape index (κ3) is 26.5. The van der Waals surface area contributed by atoms with Gasteiger partial charge in [0.2, 0.25) is 0 Å². The molecule has 118 heavy (non-hydrogen) atoms. The Hall–Kier alpha value is -9.92. The lowest BCUT2D eigenvalue weighted by Gasteiger charge is -2.43. The summed E-state index contributed by atoms with van der Waals surface area (Å²) in [6.45, 7) is 17.2. The van der Waals surface area contributed by atoms with Crippen molar-refractivity contribution in [3.8, 4) is 0 Å². The van der Waals surface area contributed by atoms with Gasteiger partial charge in [0.1, 0.15) is 5.60 Å². The van der Waals surface area contributed by atoms with Crippen molar-refractivity contribution < 1.29 is 83.2 Å². The summed E-state index contributed by atoms with van der Waals surface area (Å²) in [6.07, 6.45) is -6.27. The lowest BCUT2D eigenvalue weighted by molar-refractivity contribution is -0.142. The van der Waals surface area contributed by atoms with E-state index in [0.717, 1.165) is 109 Å². The van der Waals surface area contributed by atoms with E-state index in [1.54, 1.807) is 50.5 Å². The number of nitrogens with one attached hydrogen (secondary N) is 5. The zero-order valence-electron chi connectivity index (χ0n) is 68.2. The number of hydrogen-bond acceptors (Lipinski definition) is 13. The monoisotopic (exact) mass is 1660 g/mol. The predicted molar refractivity (Wildman–Crippen MR) is 434 cm³/mol. The van der Waals surface area contributed by atoms with Gasteiger partial charge in [-0.3, -0.25) is 29.8 Å². The number of hydrogen-bond donors (Lipinski definition) is 8. The van der Waals surface area contributed by atoms with E-state index in [1.807, 2.05) is 141 Å². The summed E-state index contributed by atoms with van der Waals surface area (Å²) in [5.74, 6) is -0.782. The number of ether oxygens (including phenoxy) is 1. The van der Waals surface area contributed by atoms with E-state index in [0.29, 0.717) is 35.7 Å². The summed E-state index contributed by atoms with van der Waals surface area (Å²) in [5, 5.41) is 53.4. The molecule has 3 fully saturated rings. The molecule has 1 aliphatic carbocycles. The Kier molecular flexibility index (Phi) is 32.3. The van der Waals surface area contributed by atoms with Crippen molar-refractivity contribution in [2.45, 2.75) is 210 Å². The number of rotatable bonds is 23. The average Bonchev–Trinajstić information content (AvgIpc) is 1.56. The average molecular weight is 1660 g/mol. The van der Waals surface area contributed by atoms with Crippen molar-refractivity contribution in [3.05, 3.63) is 266 Å². The predicted octanol–water partition coefficient (Wildman–Crippen LogP) is 17.7. The lowest BCUT2D eigenvalue weighted by Crippen LogP contribution is -2.50. The molecule has 6 aromatic carbocycles. The van der Waals surface area contributed by atoms with Gasteiger partial charge >= 0.3 is 30.6 Å². The number of carboxylic acid groups (broad SMARTS) is 1. The largest absolute Gasteiger partial charge is 0.478 e. The van der Waals surface area contributed by atoms with Crippen molar-refractivity contribution in [1.82, 2.24) is 55.9 Å². The number of aliphatic hydroxyl groups is 2. The minimum absolute atomic E-state index is 0. The summed E-state index contributed by atoms with van der Waals surface area (Å²) in [6, 6.07) is 53.9. The van der Waals surface area contributed by atoms with Gasteiger partial charge in [0.25, 0.3) is 11.8 Å².